The molecule has 0 unspecified atom stereocenters. The van der Waals surface area contributed by atoms with Gasteiger partial charge in [0.25, 0.3) is 5.95 Å². The van der Waals surface area contributed by atoms with Crippen molar-refractivity contribution in [3.05, 3.63) is 34.5 Å². The van der Waals surface area contributed by atoms with E-state index in [1.807, 2.05) is 13.8 Å². The average Bonchev–Trinajstić information content (AvgIpc) is 3.15. The molecule has 1 aliphatic rings. The van der Waals surface area contributed by atoms with Gasteiger partial charge in [0.2, 0.25) is 5.91 Å². The predicted molar refractivity (Wildman–Crippen MR) is 113 cm³/mol. The molecule has 7 nitrogen and oxygen atoms in total. The minimum atomic E-state index is -4.32. The monoisotopic (exact) mass is 454 g/mol. The topological polar surface area (TPSA) is 98.7 Å². The highest BCUT2D eigenvalue weighted by Gasteiger charge is 2.42. The lowest BCUT2D eigenvalue weighted by molar-refractivity contribution is -0.134. The number of nitrogens with zero attached hydrogens (tertiary/aromatic N) is 4. The summed E-state index contributed by atoms with van der Waals surface area (Å²) in [5.41, 5.74) is 6.36. The Balaban J connectivity index is 0.00000132. The number of carbonyl (C=O) groups is 1. The van der Waals surface area contributed by atoms with Crippen LogP contribution in [0.1, 0.15) is 45.4 Å². The van der Waals surface area contributed by atoms with E-state index >= 15 is 0 Å². The number of aromatic nitrogens is 4. The molecule has 0 bridgehead atoms. The van der Waals surface area contributed by atoms with Crippen molar-refractivity contribution < 1.29 is 18.0 Å². The third-order valence-electron chi connectivity index (χ3n) is 4.90. The van der Waals surface area contributed by atoms with Gasteiger partial charge in [0.15, 0.2) is 0 Å². The van der Waals surface area contributed by atoms with Crippen LogP contribution in [0, 0.1) is 0 Å². The molecule has 2 aromatic heterocycles. The lowest BCUT2D eigenvalue weighted by atomic mass is 9.87. The second-order valence-corrected chi connectivity index (χ2v) is 7.78. The van der Waals surface area contributed by atoms with Crippen molar-refractivity contribution in [3.8, 4) is 5.95 Å². The fraction of sp³-hybridized carbons (Fsp3) is 0.400. The minimum absolute atomic E-state index is 0.0461. The van der Waals surface area contributed by atoms with Crippen molar-refractivity contribution in [2.45, 2.75) is 52.1 Å². The average molecular weight is 455 g/mol. The number of fused-ring (bicyclic) bond motifs is 2. The zero-order valence-electron chi connectivity index (χ0n) is 17.4. The van der Waals surface area contributed by atoms with Crippen LogP contribution in [0.2, 0.25) is 5.02 Å². The quantitative estimate of drug-likeness (QED) is 0.592. The molecule has 0 saturated carbocycles. The molecule has 31 heavy (non-hydrogen) atoms. The molecule has 0 saturated heterocycles. The minimum Gasteiger partial charge on any atom is -0.383 e. The first-order valence-electron chi connectivity index (χ1n) is 9.71. The van der Waals surface area contributed by atoms with Crippen molar-refractivity contribution in [2.75, 3.05) is 11.1 Å². The van der Waals surface area contributed by atoms with E-state index in [9.17, 15) is 18.0 Å². The van der Waals surface area contributed by atoms with Crippen LogP contribution in [0.3, 0.4) is 0 Å². The fourth-order valence-corrected chi connectivity index (χ4v) is 3.57. The molecule has 0 radical (unpaired) electrons. The zero-order valence-corrected chi connectivity index (χ0v) is 18.2. The van der Waals surface area contributed by atoms with Crippen molar-refractivity contribution in [3.63, 3.8) is 0 Å². The van der Waals surface area contributed by atoms with Crippen LogP contribution in [0.4, 0.5) is 24.8 Å². The Kier molecular flexibility index (Phi) is 5.88. The Morgan fingerprint density at radius 1 is 1.23 bits per heavy atom. The van der Waals surface area contributed by atoms with Crippen LogP contribution in [0.25, 0.3) is 16.9 Å². The number of hydrogen-bond acceptors (Lipinski definition) is 5. The molecule has 0 fully saturated rings. The Morgan fingerprint density at radius 2 is 1.90 bits per heavy atom. The van der Waals surface area contributed by atoms with Crippen molar-refractivity contribution in [1.82, 2.24) is 19.7 Å². The van der Waals surface area contributed by atoms with E-state index in [1.54, 1.807) is 32.0 Å². The molecular weight excluding hydrogens is 433 g/mol. The third kappa shape index (κ3) is 4.16. The van der Waals surface area contributed by atoms with Crippen LogP contribution >= 0.6 is 11.6 Å². The number of alkyl halides is 3. The van der Waals surface area contributed by atoms with Gasteiger partial charge in [-0.1, -0.05) is 25.4 Å². The van der Waals surface area contributed by atoms with Gasteiger partial charge in [0.1, 0.15) is 11.6 Å². The maximum absolute atomic E-state index is 12.7. The van der Waals surface area contributed by atoms with E-state index in [2.05, 4.69) is 20.4 Å². The lowest BCUT2D eigenvalue weighted by Gasteiger charge is -2.16. The normalized spacial score (nSPS) is 14.8. The summed E-state index contributed by atoms with van der Waals surface area (Å²) in [6.45, 7) is 7.40. The first-order valence-corrected chi connectivity index (χ1v) is 10.1. The van der Waals surface area contributed by atoms with Crippen molar-refractivity contribution >= 4 is 40.0 Å². The Labute approximate surface area is 181 Å². The smallest absolute Gasteiger partial charge is 0.383 e. The predicted octanol–water partition coefficient (Wildman–Crippen LogP) is 4.80. The van der Waals surface area contributed by atoms with Gasteiger partial charge in [-0.25, -0.2) is 0 Å². The number of nitrogens with one attached hydrogen (secondary N) is 1. The van der Waals surface area contributed by atoms with Crippen molar-refractivity contribution in [2.24, 2.45) is 0 Å². The number of aryl methyl sites for hydroxylation is 1. The number of rotatable bonds is 3. The molecule has 1 aromatic carbocycles. The number of carbonyl (C=O) groups excluding carboxylic acids is 1. The van der Waals surface area contributed by atoms with E-state index in [0.29, 0.717) is 21.5 Å². The number of amides is 1. The molecular formula is C20H22ClF3N6O. The van der Waals surface area contributed by atoms with Gasteiger partial charge in [-0.15, -0.1) is 0 Å². The van der Waals surface area contributed by atoms with Gasteiger partial charge < -0.3 is 11.1 Å². The standard InChI is InChI=1S/C18H16ClF3N6O.C2H6/c1-17(2)12-13(23)24-16(26-14(12)25-15(17)29)28-11-4-3-8(19)7-9(11)10(27-28)5-6-18(20,21)22;1-2/h3-4,7H,5-6H2,1-2H3,(H3,23,24,25,26,29);1-2H3. The maximum Gasteiger partial charge on any atom is 0.389 e. The molecule has 11 heteroatoms. The molecule has 4 rings (SSSR count). The Bertz CT molecular complexity index is 1160. The number of halogens is 4. The van der Waals surface area contributed by atoms with Crippen LogP contribution in [-0.4, -0.2) is 31.8 Å². The SMILES string of the molecule is CC.CC1(C)C(=O)Nc2nc(-n3nc(CCC(F)(F)F)c4cc(Cl)ccc43)nc(N)c21. The summed E-state index contributed by atoms with van der Waals surface area (Å²) in [7, 11) is 0. The molecule has 166 valence electrons. The molecule has 0 spiro atoms. The van der Waals surface area contributed by atoms with Gasteiger partial charge in [-0.05, 0) is 32.0 Å². The van der Waals surface area contributed by atoms with Crippen LogP contribution in [-0.2, 0) is 16.6 Å². The summed E-state index contributed by atoms with van der Waals surface area (Å²) >= 11 is 6.03. The lowest BCUT2D eigenvalue weighted by Crippen LogP contribution is -2.27. The second-order valence-electron chi connectivity index (χ2n) is 7.35. The van der Waals surface area contributed by atoms with Crippen molar-refractivity contribution in [1.29, 1.82) is 0 Å². The van der Waals surface area contributed by atoms with Crippen LogP contribution in [0.15, 0.2) is 18.2 Å². The molecule has 1 aliphatic heterocycles. The first kappa shape index (κ1) is 22.8. The fourth-order valence-electron chi connectivity index (χ4n) is 3.39. The molecule has 0 aliphatic carbocycles. The Morgan fingerprint density at radius 3 is 2.55 bits per heavy atom. The van der Waals surface area contributed by atoms with Crippen LogP contribution in [0.5, 0.6) is 0 Å². The summed E-state index contributed by atoms with van der Waals surface area (Å²) in [4.78, 5) is 20.8. The highest BCUT2D eigenvalue weighted by molar-refractivity contribution is 6.31. The summed E-state index contributed by atoms with van der Waals surface area (Å²) in [6, 6.07) is 4.77. The molecule has 3 N–H and O–H groups in total. The molecule has 3 heterocycles. The Hall–Kier alpha value is -2.88. The van der Waals surface area contributed by atoms with Crippen LogP contribution < -0.4 is 11.1 Å². The van der Waals surface area contributed by atoms with E-state index in [4.69, 9.17) is 17.3 Å². The second kappa shape index (κ2) is 7.99. The van der Waals surface area contributed by atoms with E-state index in [-0.39, 0.29) is 35.6 Å². The highest BCUT2D eigenvalue weighted by Crippen LogP contribution is 2.39. The summed E-state index contributed by atoms with van der Waals surface area (Å²) in [5, 5.41) is 7.79. The van der Waals surface area contributed by atoms with E-state index < -0.39 is 18.0 Å². The number of anilines is 2. The third-order valence-corrected chi connectivity index (χ3v) is 5.14. The number of benzene rings is 1. The summed E-state index contributed by atoms with van der Waals surface area (Å²) in [5.74, 6) is 0.137. The molecule has 3 aromatic rings. The van der Waals surface area contributed by atoms with Gasteiger partial charge in [-0.3, -0.25) is 4.79 Å². The van der Waals surface area contributed by atoms with Gasteiger partial charge in [0.05, 0.1) is 22.2 Å². The van der Waals surface area contributed by atoms with Gasteiger partial charge in [-0.2, -0.15) is 32.9 Å². The first-order chi connectivity index (χ1) is 14.5. The van der Waals surface area contributed by atoms with Gasteiger partial charge >= 0.3 is 6.18 Å². The number of hydrogen-bond donors (Lipinski definition) is 2. The highest BCUT2D eigenvalue weighted by atomic mass is 35.5. The molecule has 0 atom stereocenters. The van der Waals surface area contributed by atoms with E-state index in [0.717, 1.165) is 0 Å². The number of nitrogen functional groups attached to an aromatic ring is 1. The largest absolute Gasteiger partial charge is 0.389 e. The zero-order chi connectivity index (χ0) is 23.1. The maximum atomic E-state index is 12.7. The molecule has 1 amide bonds. The summed E-state index contributed by atoms with van der Waals surface area (Å²) < 4.78 is 39.5. The number of nitrogens with two attached hydrogens (primary N) is 1. The van der Waals surface area contributed by atoms with Gasteiger partial charge in [0, 0.05) is 23.3 Å². The summed E-state index contributed by atoms with van der Waals surface area (Å²) in [6.07, 6.45) is -5.67. The van der Waals surface area contributed by atoms with E-state index in [1.165, 1.54) is 4.68 Å².